The van der Waals surface area contributed by atoms with Crippen molar-refractivity contribution in [2.75, 3.05) is 127 Å². The van der Waals surface area contributed by atoms with Crippen molar-refractivity contribution < 1.29 is 102 Å². The highest BCUT2D eigenvalue weighted by Crippen LogP contribution is 2.40. The average molecular weight is 1860 g/mol. The summed E-state index contributed by atoms with van der Waals surface area (Å²) in [5.41, 5.74) is 14.0. The number of methoxy groups -OCH3 is 3. The summed E-state index contributed by atoms with van der Waals surface area (Å²) in [5.74, 6) is -1.56. The Morgan fingerprint density at radius 3 is 1.27 bits per heavy atom. The number of hydrogen-bond donors (Lipinski definition) is 6. The second-order valence-electron chi connectivity index (χ2n) is 30.4. The van der Waals surface area contributed by atoms with Crippen molar-refractivity contribution in [3.05, 3.63) is 239 Å². The highest BCUT2D eigenvalue weighted by Gasteiger charge is 2.42. The molecule has 4 atom stereocenters. The fourth-order valence-corrected chi connectivity index (χ4v) is 21.9. The minimum Gasteiger partial charge on any atom is -0.497 e. The fraction of sp³-hybridized carbons (Fsp3) is 0.429. The number of sulfonamides is 3. The number of aliphatic carboxylic acids is 1. The van der Waals surface area contributed by atoms with E-state index in [1.807, 2.05) is 157 Å². The Bertz CT molecular complexity index is 5690. The van der Waals surface area contributed by atoms with Gasteiger partial charge in [0, 0.05) is 164 Å². The molecule has 5 aliphatic heterocycles. The second-order valence-corrected chi connectivity index (χ2v) is 35.9. The number of aliphatic hydroxyl groups excluding tert-OH is 2. The topological polar surface area (TPSA) is 429 Å². The third-order valence-electron chi connectivity index (χ3n) is 21.7. The molecule has 36 nitrogen and oxygen atoms in total. The maximum atomic E-state index is 13.7. The van der Waals surface area contributed by atoms with Crippen molar-refractivity contribution in [2.45, 2.75) is 147 Å². The molecule has 7 N–H and O–H groups in total. The summed E-state index contributed by atoms with van der Waals surface area (Å²) in [6.45, 7) is 24.5. The zero-order chi connectivity index (χ0) is 94.4. The number of aromatic nitrogens is 7. The molecule has 706 valence electrons. The number of esters is 3. The number of benzene rings is 3. The number of fused-ring (bicyclic) bond motifs is 5. The van der Waals surface area contributed by atoms with E-state index in [2.05, 4.69) is 35.7 Å². The van der Waals surface area contributed by atoms with Crippen LogP contribution in [0, 0.1) is 41.5 Å². The minimum absolute atomic E-state index is 0.0379. The summed E-state index contributed by atoms with van der Waals surface area (Å²) in [4.78, 5) is 60.9. The monoisotopic (exact) mass is 1860 g/mol. The van der Waals surface area contributed by atoms with E-state index in [0.717, 1.165) is 49.0 Å². The SMILES string of the molecule is CCOC(=O)C(=O)NCCn1cccc1.CCOC(=O)C1=NCCn2cccc21.CCOC(=O)COCC1c2cccn2CCN1S(=O)(=O)c1c(C)cc(OC)cc1C.COc1cc(C)c(S(=O)(=O)N2CCn3cccc3C2CO)c(C)c1.COc1cc(C)c(S(=O)(=O)N2CCn3cccc3C2COCC(=O)O)c(C)c1.NCCn1cccc1.OCC1NCCn2cccc21. The minimum atomic E-state index is -3.83. The van der Waals surface area contributed by atoms with Gasteiger partial charge in [-0.15, -0.1) is 0 Å². The molecule has 0 bridgehead atoms. The number of carbonyl (C=O) groups excluding carboxylic acids is 4. The van der Waals surface area contributed by atoms with Crippen molar-refractivity contribution in [3.63, 3.8) is 0 Å². The number of aliphatic hydroxyl groups is 2. The Morgan fingerprint density at radius 2 is 0.862 bits per heavy atom. The van der Waals surface area contributed by atoms with E-state index < -0.39 is 78.6 Å². The molecule has 3 aromatic carbocycles. The molecule has 10 aromatic rings. The van der Waals surface area contributed by atoms with Gasteiger partial charge in [0.1, 0.15) is 30.5 Å². The molecule has 5 aliphatic rings. The van der Waals surface area contributed by atoms with E-state index in [0.29, 0.717) is 127 Å². The van der Waals surface area contributed by atoms with Gasteiger partial charge in [0.15, 0.2) is 5.71 Å². The van der Waals surface area contributed by atoms with Crippen LogP contribution in [0.15, 0.2) is 197 Å². The highest BCUT2D eigenvalue weighted by atomic mass is 32.2. The Kier molecular flexibility index (Phi) is 38.5. The molecular weight excluding hydrogens is 1740 g/mol. The van der Waals surface area contributed by atoms with Gasteiger partial charge >= 0.3 is 29.8 Å². The number of aryl methyl sites for hydroxylation is 6. The summed E-state index contributed by atoms with van der Waals surface area (Å²) >= 11 is 0. The van der Waals surface area contributed by atoms with Crippen LogP contribution in [0.5, 0.6) is 17.2 Å². The van der Waals surface area contributed by atoms with Crippen LogP contribution < -0.4 is 30.6 Å². The summed E-state index contributed by atoms with van der Waals surface area (Å²) in [6, 6.07) is 35.5. The number of hydrogen-bond acceptors (Lipinski definition) is 24. The lowest BCUT2D eigenvalue weighted by Crippen LogP contribution is -2.44. The summed E-state index contributed by atoms with van der Waals surface area (Å²) in [7, 11) is -6.72. The molecule has 4 unspecified atom stereocenters. The number of nitrogens with one attached hydrogen (secondary N) is 2. The first-order chi connectivity index (χ1) is 62.3. The van der Waals surface area contributed by atoms with Gasteiger partial charge in [-0.3, -0.25) is 9.79 Å². The number of nitrogens with two attached hydrogens (primary N) is 1. The number of amides is 1. The van der Waals surface area contributed by atoms with Crippen LogP contribution in [0.4, 0.5) is 0 Å². The largest absolute Gasteiger partial charge is 0.497 e. The van der Waals surface area contributed by atoms with Gasteiger partial charge in [-0.25, -0.2) is 44.4 Å². The Labute approximate surface area is 759 Å². The van der Waals surface area contributed by atoms with Crippen LogP contribution >= 0.6 is 0 Å². The van der Waals surface area contributed by atoms with E-state index in [4.69, 9.17) is 49.1 Å². The molecule has 7 aromatic heterocycles. The van der Waals surface area contributed by atoms with Gasteiger partial charge in [-0.05, 0) is 217 Å². The average Bonchev–Trinajstić information content (AvgIpc) is 1.18. The third kappa shape index (κ3) is 26.2. The lowest BCUT2D eigenvalue weighted by Gasteiger charge is -2.36. The molecule has 0 spiro atoms. The van der Waals surface area contributed by atoms with Gasteiger partial charge in [0.2, 0.25) is 30.1 Å². The molecule has 0 saturated heterocycles. The van der Waals surface area contributed by atoms with E-state index in [9.17, 15) is 54.3 Å². The van der Waals surface area contributed by atoms with Crippen LogP contribution in [-0.4, -0.2) is 248 Å². The molecule has 0 fully saturated rings. The highest BCUT2D eigenvalue weighted by molar-refractivity contribution is 7.89. The van der Waals surface area contributed by atoms with E-state index in [1.165, 1.54) is 25.7 Å². The van der Waals surface area contributed by atoms with Crippen LogP contribution in [0.2, 0.25) is 0 Å². The maximum Gasteiger partial charge on any atom is 0.396 e. The Morgan fingerprint density at radius 1 is 0.469 bits per heavy atom. The van der Waals surface area contributed by atoms with Gasteiger partial charge in [-0.2, -0.15) is 12.9 Å². The lowest BCUT2D eigenvalue weighted by atomic mass is 10.1. The Balaban J connectivity index is 0.000000177. The molecule has 0 aliphatic carbocycles. The predicted octanol–water partition coefficient (Wildman–Crippen LogP) is 7.84. The Hall–Kier alpha value is -11.5. The molecule has 0 saturated carbocycles. The van der Waals surface area contributed by atoms with Gasteiger partial charge in [0.25, 0.3) is 0 Å². The number of carboxylic acids is 1. The number of ether oxygens (including phenoxy) is 8. The number of carboxylic acid groups (broad SMARTS) is 1. The molecule has 0 radical (unpaired) electrons. The van der Waals surface area contributed by atoms with E-state index in [-0.39, 0.29) is 74.6 Å². The van der Waals surface area contributed by atoms with Crippen molar-refractivity contribution in [3.8, 4) is 17.2 Å². The molecule has 1 amide bonds. The van der Waals surface area contributed by atoms with Crippen LogP contribution in [0.25, 0.3) is 0 Å². The van der Waals surface area contributed by atoms with Crippen LogP contribution in [-0.2, 0) is 124 Å². The zero-order valence-electron chi connectivity index (χ0n) is 75.6. The first-order valence-electron chi connectivity index (χ1n) is 42.7. The number of carbonyl (C=O) groups is 5. The van der Waals surface area contributed by atoms with Crippen molar-refractivity contribution >= 4 is 65.6 Å². The van der Waals surface area contributed by atoms with Gasteiger partial charge in [0.05, 0.1) is 119 Å². The second kappa shape index (κ2) is 49.0. The van der Waals surface area contributed by atoms with Crippen molar-refractivity contribution in [1.82, 2.24) is 55.5 Å². The van der Waals surface area contributed by atoms with Crippen molar-refractivity contribution in [2.24, 2.45) is 10.7 Å². The summed E-state index contributed by atoms with van der Waals surface area (Å²) in [5, 5.41) is 33.4. The molecule has 130 heavy (non-hydrogen) atoms. The van der Waals surface area contributed by atoms with Crippen LogP contribution in [0.3, 0.4) is 0 Å². The maximum absolute atomic E-state index is 13.7. The van der Waals surface area contributed by atoms with E-state index >= 15 is 0 Å². The standard InChI is InChI=1S/C21H28N2O6S.C19H24N2O6S.C17H22N2O4S.C10H14N2O3.C10H12N2O2.C8H12N2O.C6H10N2/c1-5-29-20(24)14-28-13-19-18-7-6-8-22(18)9-10-23(19)30(25,26)21-15(2)11-17(27-4)12-16(21)3;1-13-9-15(26-3)10-14(2)19(13)28(24,25)21-8-7-20-6-4-5-16(20)17(21)11-27-12-18(22)23;1-12-9-14(23-3)10-13(2)17(12)24(21,22)19-8-7-18-6-4-5-15(18)16(19)11-20;1-2-15-10(14)9(13)11-5-8-12-6-3-4-7-12;1-2-14-10(13)9-8-4-3-6-12(8)7-5-11-9;11-6-7-8-2-1-4-10(8)5-3-9-7;7-3-6-8-4-1-2-5-8/h6-8,11-12,19H,5,9-10,13-14H2,1-4H3;4-6,9-10,17H,7-8,11-12H2,1-3H3,(H,22,23);4-6,9-10,16,20H,7-8,11H2,1-3H3;3-4,6-7H,2,5,8H2,1H3,(H,11,13);3-4,6H,2,5,7H2,1H3;1-2,4,7,9,11H,3,5-6H2;1-2,4-5H,3,6-7H2. The molecule has 12 heterocycles. The first-order valence-corrected chi connectivity index (χ1v) is 47.0. The number of nitrogens with zero attached hydrogens (tertiary/aromatic N) is 11. The lowest BCUT2D eigenvalue weighted by molar-refractivity contribution is -0.154. The van der Waals surface area contributed by atoms with Gasteiger partial charge in [-0.1, -0.05) is 0 Å². The van der Waals surface area contributed by atoms with Gasteiger partial charge < -0.3 is 102 Å². The van der Waals surface area contributed by atoms with E-state index in [1.54, 1.807) is 113 Å². The predicted molar refractivity (Wildman–Crippen MR) is 486 cm³/mol. The molecule has 15 rings (SSSR count). The quantitative estimate of drug-likeness (QED) is 0.0154. The molecular formula is C91H122N14O22S3. The number of aliphatic imine (C=N–C) groups is 1. The smallest absolute Gasteiger partial charge is 0.396 e. The normalized spacial score (nSPS) is 16.3. The first kappa shape index (κ1) is 102. The fourth-order valence-electron chi connectivity index (χ4n) is 16.0. The summed E-state index contributed by atoms with van der Waals surface area (Å²) < 4.78 is 140. The number of rotatable bonds is 28. The van der Waals surface area contributed by atoms with Crippen LogP contribution in [0.1, 0.15) is 107 Å². The molecule has 39 heteroatoms. The zero-order valence-corrected chi connectivity index (χ0v) is 78.1. The van der Waals surface area contributed by atoms with Crippen molar-refractivity contribution in [1.29, 1.82) is 0 Å². The summed E-state index contributed by atoms with van der Waals surface area (Å²) in [6.07, 6.45) is 17.5. The third-order valence-corrected chi connectivity index (χ3v) is 28.3.